The maximum atomic E-state index is 11.7. The summed E-state index contributed by atoms with van der Waals surface area (Å²) in [7, 11) is 1.71. The lowest BCUT2D eigenvalue weighted by atomic mass is 9.58. The molecule has 0 heterocycles. The fraction of sp³-hybridized carbons (Fsp3) is 0.684. The van der Waals surface area contributed by atoms with Gasteiger partial charge in [-0.15, -0.1) is 0 Å². The van der Waals surface area contributed by atoms with Crippen LogP contribution >= 0.6 is 0 Å². The molecule has 0 aromatic heterocycles. The summed E-state index contributed by atoms with van der Waals surface area (Å²) in [6.07, 6.45) is 4.25. The van der Waals surface area contributed by atoms with Crippen LogP contribution in [0.15, 0.2) is 18.2 Å². The van der Waals surface area contributed by atoms with Gasteiger partial charge in [0.2, 0.25) is 0 Å². The van der Waals surface area contributed by atoms with Gasteiger partial charge in [0.25, 0.3) is 0 Å². The monoisotopic (exact) mass is 288 g/mol. The topological polar surface area (TPSA) is 29.5 Å². The molecule has 2 nitrogen and oxygen atoms in total. The van der Waals surface area contributed by atoms with Gasteiger partial charge in [0.05, 0.1) is 12.7 Å². The highest BCUT2D eigenvalue weighted by Gasteiger charge is 2.68. The quantitative estimate of drug-likeness (QED) is 0.906. The average molecular weight is 288 g/mol. The minimum Gasteiger partial charge on any atom is -0.496 e. The first kappa shape index (κ1) is 14.9. The lowest BCUT2D eigenvalue weighted by Crippen LogP contribution is -2.55. The van der Waals surface area contributed by atoms with Gasteiger partial charge in [-0.05, 0) is 54.6 Å². The molecule has 0 spiro atoms. The van der Waals surface area contributed by atoms with Gasteiger partial charge in [-0.2, -0.15) is 0 Å². The molecular weight excluding hydrogens is 260 g/mol. The zero-order valence-corrected chi connectivity index (χ0v) is 14.0. The van der Waals surface area contributed by atoms with Crippen LogP contribution in [0.25, 0.3) is 0 Å². The molecule has 0 saturated heterocycles. The van der Waals surface area contributed by atoms with Crippen molar-refractivity contribution in [3.05, 3.63) is 29.3 Å². The molecule has 2 fully saturated rings. The van der Waals surface area contributed by atoms with Gasteiger partial charge in [-0.25, -0.2) is 0 Å². The first-order valence-corrected chi connectivity index (χ1v) is 8.09. The third-order valence-corrected chi connectivity index (χ3v) is 6.71. The summed E-state index contributed by atoms with van der Waals surface area (Å²) in [4.78, 5) is 0. The molecule has 3 unspecified atom stereocenters. The predicted molar refractivity (Wildman–Crippen MR) is 85.6 cm³/mol. The molecule has 0 amide bonds. The molecule has 2 saturated carbocycles. The second-order valence-electron chi connectivity index (χ2n) is 8.07. The Morgan fingerprint density at radius 1 is 1.29 bits per heavy atom. The van der Waals surface area contributed by atoms with E-state index >= 15 is 0 Å². The summed E-state index contributed by atoms with van der Waals surface area (Å²) < 4.78 is 5.53. The smallest absolute Gasteiger partial charge is 0.122 e. The Morgan fingerprint density at radius 2 is 2.00 bits per heavy atom. The molecule has 0 radical (unpaired) electrons. The lowest BCUT2D eigenvalue weighted by molar-refractivity contribution is -0.142. The van der Waals surface area contributed by atoms with Crippen LogP contribution in [-0.4, -0.2) is 17.8 Å². The van der Waals surface area contributed by atoms with E-state index in [4.69, 9.17) is 4.74 Å². The number of rotatable bonds is 3. The van der Waals surface area contributed by atoms with Crippen LogP contribution in [0, 0.1) is 23.7 Å². The van der Waals surface area contributed by atoms with E-state index in [-0.39, 0.29) is 10.8 Å². The first-order valence-electron chi connectivity index (χ1n) is 8.09. The average Bonchev–Trinajstić information content (AvgIpc) is 2.88. The van der Waals surface area contributed by atoms with Crippen LogP contribution in [-0.2, 0) is 6.42 Å². The van der Waals surface area contributed by atoms with Crippen molar-refractivity contribution in [2.75, 3.05) is 7.11 Å². The predicted octanol–water partition coefficient (Wildman–Crippen LogP) is 4.12. The van der Waals surface area contributed by atoms with E-state index in [1.54, 1.807) is 7.11 Å². The Hall–Kier alpha value is -1.02. The summed E-state index contributed by atoms with van der Waals surface area (Å²) in [5.41, 5.74) is 1.72. The molecule has 2 aliphatic rings. The third kappa shape index (κ3) is 1.88. The minimum absolute atomic E-state index is 0.0330. The van der Waals surface area contributed by atoms with E-state index in [2.05, 4.69) is 39.8 Å². The molecule has 3 rings (SSSR count). The largest absolute Gasteiger partial charge is 0.496 e. The molecule has 116 valence electrons. The SMILES string of the molecule is COc1ccc(C)cc1CC1(O)C2(C)CCC(C2)C1(C)C. The summed E-state index contributed by atoms with van der Waals surface area (Å²) in [5, 5.41) is 11.7. The lowest BCUT2D eigenvalue weighted by Gasteiger charge is -2.51. The first-order chi connectivity index (χ1) is 9.73. The highest BCUT2D eigenvalue weighted by molar-refractivity contribution is 5.39. The fourth-order valence-corrected chi connectivity index (χ4v) is 5.11. The van der Waals surface area contributed by atoms with Gasteiger partial charge in [-0.3, -0.25) is 0 Å². The normalized spacial score (nSPS) is 37.0. The number of hydrogen-bond acceptors (Lipinski definition) is 2. The number of benzene rings is 1. The number of aryl methyl sites for hydroxylation is 1. The Morgan fingerprint density at radius 3 is 2.57 bits per heavy atom. The second-order valence-corrected chi connectivity index (χ2v) is 8.07. The molecule has 21 heavy (non-hydrogen) atoms. The maximum absolute atomic E-state index is 11.7. The molecule has 2 heteroatoms. The van der Waals surface area contributed by atoms with Gasteiger partial charge in [0.15, 0.2) is 0 Å². The van der Waals surface area contributed by atoms with Crippen molar-refractivity contribution in [1.82, 2.24) is 0 Å². The van der Waals surface area contributed by atoms with Crippen LogP contribution in [0.2, 0.25) is 0 Å². The molecule has 3 atom stereocenters. The molecule has 2 aliphatic carbocycles. The third-order valence-electron chi connectivity index (χ3n) is 6.71. The van der Waals surface area contributed by atoms with E-state index in [1.807, 2.05) is 6.07 Å². The number of aliphatic hydroxyl groups is 1. The highest BCUT2D eigenvalue weighted by Crippen LogP contribution is 2.68. The van der Waals surface area contributed by atoms with Crippen molar-refractivity contribution in [2.45, 2.75) is 59.0 Å². The van der Waals surface area contributed by atoms with Crippen LogP contribution < -0.4 is 4.74 Å². The van der Waals surface area contributed by atoms with Gasteiger partial charge in [0.1, 0.15) is 5.75 Å². The summed E-state index contributed by atoms with van der Waals surface area (Å²) in [6, 6.07) is 6.26. The molecule has 2 bridgehead atoms. The van der Waals surface area contributed by atoms with Crippen molar-refractivity contribution in [1.29, 1.82) is 0 Å². The van der Waals surface area contributed by atoms with E-state index in [1.165, 1.54) is 12.0 Å². The van der Waals surface area contributed by atoms with Crippen LogP contribution in [0.1, 0.15) is 51.2 Å². The Labute approximate surface area is 128 Å². The van der Waals surface area contributed by atoms with Crippen molar-refractivity contribution >= 4 is 0 Å². The van der Waals surface area contributed by atoms with Gasteiger partial charge in [0, 0.05) is 6.42 Å². The summed E-state index contributed by atoms with van der Waals surface area (Å²) >= 11 is 0. The molecular formula is C19H28O2. The summed E-state index contributed by atoms with van der Waals surface area (Å²) in [6.45, 7) is 8.89. The zero-order valence-electron chi connectivity index (χ0n) is 14.0. The number of ether oxygens (including phenoxy) is 1. The fourth-order valence-electron chi connectivity index (χ4n) is 5.11. The maximum Gasteiger partial charge on any atom is 0.122 e. The second kappa shape index (κ2) is 4.49. The minimum atomic E-state index is -0.649. The van der Waals surface area contributed by atoms with Gasteiger partial charge < -0.3 is 9.84 Å². The number of fused-ring (bicyclic) bond motifs is 2. The Bertz CT molecular complexity index is 556. The molecule has 1 aromatic carbocycles. The van der Waals surface area contributed by atoms with Crippen molar-refractivity contribution in [3.63, 3.8) is 0 Å². The highest BCUT2D eigenvalue weighted by atomic mass is 16.5. The van der Waals surface area contributed by atoms with Crippen LogP contribution in [0.5, 0.6) is 5.75 Å². The number of hydrogen-bond donors (Lipinski definition) is 1. The Kier molecular flexibility index (Phi) is 3.18. The molecule has 1 aromatic rings. The van der Waals surface area contributed by atoms with Gasteiger partial charge in [-0.1, -0.05) is 38.5 Å². The van der Waals surface area contributed by atoms with Crippen molar-refractivity contribution < 1.29 is 9.84 Å². The van der Waals surface area contributed by atoms with E-state index < -0.39 is 5.60 Å². The van der Waals surface area contributed by atoms with Crippen LogP contribution in [0.3, 0.4) is 0 Å². The van der Waals surface area contributed by atoms with E-state index in [0.717, 1.165) is 24.2 Å². The zero-order chi connectivity index (χ0) is 15.5. The van der Waals surface area contributed by atoms with Gasteiger partial charge >= 0.3 is 0 Å². The van der Waals surface area contributed by atoms with E-state index in [0.29, 0.717) is 12.3 Å². The molecule has 0 aliphatic heterocycles. The summed E-state index contributed by atoms with van der Waals surface area (Å²) in [5.74, 6) is 1.54. The van der Waals surface area contributed by atoms with E-state index in [9.17, 15) is 5.11 Å². The molecule has 1 N–H and O–H groups in total. The standard InChI is InChI=1S/C19H28O2/c1-13-6-7-16(21-5)14(10-13)11-19(20)17(2,3)15-8-9-18(19,4)12-15/h6-7,10,15,20H,8-9,11-12H2,1-5H3. The van der Waals surface area contributed by atoms with Crippen molar-refractivity contribution in [3.8, 4) is 5.75 Å². The number of methoxy groups -OCH3 is 1. The Balaban J connectivity index is 2.02. The van der Waals surface area contributed by atoms with Crippen LogP contribution in [0.4, 0.5) is 0 Å². The van der Waals surface area contributed by atoms with Crippen molar-refractivity contribution in [2.24, 2.45) is 16.7 Å².